The molecule has 0 saturated carbocycles. The van der Waals surface area contributed by atoms with Crippen LogP contribution >= 0.6 is 0 Å². The van der Waals surface area contributed by atoms with Crippen LogP contribution < -0.4 is 10.0 Å². The maximum atomic E-state index is 12.8. The minimum absolute atomic E-state index is 0.0523. The van der Waals surface area contributed by atoms with Crippen LogP contribution in [0.5, 0.6) is 0 Å². The van der Waals surface area contributed by atoms with E-state index in [1.54, 1.807) is 0 Å². The van der Waals surface area contributed by atoms with E-state index in [0.717, 1.165) is 50.7 Å². The minimum atomic E-state index is -4.65. The number of nitrogens with one attached hydrogen (secondary N) is 2. The molecular formula is C19H26F3N3O3S. The molecule has 10 heteroatoms. The summed E-state index contributed by atoms with van der Waals surface area (Å²) in [7, 11) is -4.23. The number of carbonyl (C=O) groups is 1. The number of allylic oxidation sites excluding steroid dienone is 1. The van der Waals surface area contributed by atoms with Crippen LogP contribution in [0.15, 0.2) is 40.8 Å². The number of amides is 1. The molecule has 0 unspecified atom stereocenters. The Morgan fingerprint density at radius 2 is 1.90 bits per heavy atom. The molecule has 1 aliphatic rings. The van der Waals surface area contributed by atoms with Crippen LogP contribution in [0.25, 0.3) is 0 Å². The quantitative estimate of drug-likeness (QED) is 0.648. The Labute approximate surface area is 169 Å². The number of hydrogen-bond acceptors (Lipinski definition) is 4. The Bertz CT molecular complexity index is 842. The number of carbonyl (C=O) groups excluding carboxylic acids is 1. The van der Waals surface area contributed by atoms with Gasteiger partial charge in [-0.15, -0.1) is 0 Å². The van der Waals surface area contributed by atoms with Crippen molar-refractivity contribution in [3.8, 4) is 0 Å². The number of piperidine rings is 1. The van der Waals surface area contributed by atoms with Crippen molar-refractivity contribution in [2.45, 2.75) is 43.8 Å². The SMILES string of the molecule is CC(C)=CCN1CCC(NC(=O)CNS(=O)(=O)c2cccc(C(F)(F)F)c2)CC1. The molecule has 0 spiro atoms. The van der Waals surface area contributed by atoms with Gasteiger partial charge in [-0.2, -0.15) is 13.2 Å². The molecule has 1 amide bonds. The summed E-state index contributed by atoms with van der Waals surface area (Å²) < 4.78 is 64.8. The lowest BCUT2D eigenvalue weighted by molar-refractivity contribution is -0.137. The molecule has 2 rings (SSSR count). The second-order valence-electron chi connectivity index (χ2n) is 7.27. The highest BCUT2D eigenvalue weighted by atomic mass is 32.2. The van der Waals surface area contributed by atoms with E-state index in [1.807, 2.05) is 13.8 Å². The van der Waals surface area contributed by atoms with Gasteiger partial charge in [0, 0.05) is 25.7 Å². The third kappa shape index (κ3) is 7.45. The number of hydrogen-bond donors (Lipinski definition) is 2. The van der Waals surface area contributed by atoms with Crippen molar-refractivity contribution in [1.82, 2.24) is 14.9 Å². The Balaban J connectivity index is 1.84. The lowest BCUT2D eigenvalue weighted by Gasteiger charge is -2.31. The molecule has 1 saturated heterocycles. The van der Waals surface area contributed by atoms with E-state index in [4.69, 9.17) is 0 Å². The van der Waals surface area contributed by atoms with Gasteiger partial charge < -0.3 is 5.32 Å². The molecule has 1 aliphatic heterocycles. The van der Waals surface area contributed by atoms with Gasteiger partial charge in [0.1, 0.15) is 0 Å². The lowest BCUT2D eigenvalue weighted by Crippen LogP contribution is -2.47. The first-order valence-corrected chi connectivity index (χ1v) is 10.8. The van der Waals surface area contributed by atoms with Crippen LogP contribution in [0.4, 0.5) is 13.2 Å². The average Bonchev–Trinajstić information content (AvgIpc) is 2.65. The predicted octanol–water partition coefficient (Wildman–Crippen LogP) is 2.53. The molecular weight excluding hydrogens is 407 g/mol. The first-order chi connectivity index (χ1) is 13.5. The second-order valence-corrected chi connectivity index (χ2v) is 9.04. The standard InChI is InChI=1S/C19H26F3N3O3S/c1-14(2)6-9-25-10-7-16(8-11-25)24-18(26)13-23-29(27,28)17-5-3-4-15(12-17)19(20,21)22/h3-6,12,16,23H,7-11,13H2,1-2H3,(H,24,26). The van der Waals surface area contributed by atoms with Crippen LogP contribution in [0.3, 0.4) is 0 Å². The molecule has 0 atom stereocenters. The highest BCUT2D eigenvalue weighted by Crippen LogP contribution is 2.30. The monoisotopic (exact) mass is 433 g/mol. The Morgan fingerprint density at radius 1 is 1.24 bits per heavy atom. The largest absolute Gasteiger partial charge is 0.416 e. The molecule has 0 aromatic heterocycles. The zero-order valence-electron chi connectivity index (χ0n) is 16.4. The maximum Gasteiger partial charge on any atom is 0.416 e. The smallest absolute Gasteiger partial charge is 0.352 e. The average molecular weight is 433 g/mol. The summed E-state index contributed by atoms with van der Waals surface area (Å²) in [5.41, 5.74) is 0.179. The van der Waals surface area contributed by atoms with Gasteiger partial charge in [-0.25, -0.2) is 13.1 Å². The number of benzene rings is 1. The van der Waals surface area contributed by atoms with Gasteiger partial charge in [-0.1, -0.05) is 17.7 Å². The fraction of sp³-hybridized carbons (Fsp3) is 0.526. The van der Waals surface area contributed by atoms with Crippen molar-refractivity contribution in [3.63, 3.8) is 0 Å². The molecule has 0 bridgehead atoms. The Hall–Kier alpha value is -1.91. The van der Waals surface area contributed by atoms with E-state index in [1.165, 1.54) is 5.57 Å². The molecule has 1 aromatic carbocycles. The van der Waals surface area contributed by atoms with Crippen molar-refractivity contribution < 1.29 is 26.4 Å². The van der Waals surface area contributed by atoms with Crippen molar-refractivity contribution in [2.24, 2.45) is 0 Å². The van der Waals surface area contributed by atoms with Crippen LogP contribution in [-0.4, -0.2) is 51.4 Å². The summed E-state index contributed by atoms with van der Waals surface area (Å²) >= 11 is 0. The van der Waals surface area contributed by atoms with E-state index in [2.05, 4.69) is 21.0 Å². The van der Waals surface area contributed by atoms with Crippen LogP contribution in [-0.2, 0) is 21.0 Å². The van der Waals surface area contributed by atoms with E-state index in [9.17, 15) is 26.4 Å². The Morgan fingerprint density at radius 3 is 2.48 bits per heavy atom. The van der Waals surface area contributed by atoms with E-state index in [0.29, 0.717) is 6.07 Å². The number of alkyl halides is 3. The lowest BCUT2D eigenvalue weighted by atomic mass is 10.0. The summed E-state index contributed by atoms with van der Waals surface area (Å²) in [5, 5.41) is 2.78. The molecule has 0 aliphatic carbocycles. The summed E-state index contributed by atoms with van der Waals surface area (Å²) in [6, 6.07) is 3.35. The third-order valence-electron chi connectivity index (χ3n) is 4.60. The van der Waals surface area contributed by atoms with Gasteiger partial charge in [0.2, 0.25) is 15.9 Å². The van der Waals surface area contributed by atoms with Crippen LogP contribution in [0.2, 0.25) is 0 Å². The number of sulfonamides is 1. The summed E-state index contributed by atoms with van der Waals surface area (Å²) in [5.74, 6) is -0.511. The normalized spacial score (nSPS) is 16.4. The second kappa shape index (κ2) is 9.73. The third-order valence-corrected chi connectivity index (χ3v) is 6.00. The van der Waals surface area contributed by atoms with Gasteiger partial charge in [-0.3, -0.25) is 9.69 Å². The topological polar surface area (TPSA) is 78.5 Å². The van der Waals surface area contributed by atoms with Crippen LogP contribution in [0, 0.1) is 0 Å². The molecule has 1 heterocycles. The van der Waals surface area contributed by atoms with Gasteiger partial charge >= 0.3 is 6.18 Å². The van der Waals surface area contributed by atoms with Crippen LogP contribution in [0.1, 0.15) is 32.3 Å². The number of rotatable bonds is 7. The van der Waals surface area contributed by atoms with Crippen molar-refractivity contribution in [3.05, 3.63) is 41.5 Å². The zero-order chi connectivity index (χ0) is 21.7. The Kier molecular flexibility index (Phi) is 7.84. The van der Waals surface area contributed by atoms with Crippen molar-refractivity contribution >= 4 is 15.9 Å². The summed E-state index contributed by atoms with van der Waals surface area (Å²) in [4.78, 5) is 13.8. The fourth-order valence-corrected chi connectivity index (χ4v) is 3.96. The van der Waals surface area contributed by atoms with Crippen molar-refractivity contribution in [2.75, 3.05) is 26.2 Å². The van der Waals surface area contributed by atoms with Gasteiger partial charge in [0.15, 0.2) is 0 Å². The van der Waals surface area contributed by atoms with E-state index < -0.39 is 39.1 Å². The molecule has 6 nitrogen and oxygen atoms in total. The predicted molar refractivity (Wildman–Crippen MR) is 104 cm³/mol. The number of nitrogens with zero attached hydrogens (tertiary/aromatic N) is 1. The fourth-order valence-electron chi connectivity index (χ4n) is 2.93. The van der Waals surface area contributed by atoms with Gasteiger partial charge in [0.25, 0.3) is 0 Å². The molecule has 162 valence electrons. The minimum Gasteiger partial charge on any atom is -0.352 e. The van der Waals surface area contributed by atoms with Gasteiger partial charge in [0.05, 0.1) is 17.0 Å². The summed E-state index contributed by atoms with van der Waals surface area (Å²) in [6.45, 7) is 6.05. The van der Waals surface area contributed by atoms with Crippen molar-refractivity contribution in [1.29, 1.82) is 0 Å². The first kappa shape index (κ1) is 23.4. The molecule has 29 heavy (non-hydrogen) atoms. The van der Waals surface area contributed by atoms with Gasteiger partial charge in [-0.05, 0) is 44.9 Å². The first-order valence-electron chi connectivity index (χ1n) is 9.29. The maximum absolute atomic E-state index is 12.8. The molecule has 1 fully saturated rings. The number of halogens is 3. The molecule has 0 radical (unpaired) electrons. The van der Waals surface area contributed by atoms with E-state index >= 15 is 0 Å². The highest BCUT2D eigenvalue weighted by molar-refractivity contribution is 7.89. The molecule has 1 aromatic rings. The summed E-state index contributed by atoms with van der Waals surface area (Å²) in [6.07, 6.45) is -1.00. The van der Waals surface area contributed by atoms with E-state index in [-0.39, 0.29) is 6.04 Å². The zero-order valence-corrected chi connectivity index (χ0v) is 17.2. The molecule has 2 N–H and O–H groups in total. The highest BCUT2D eigenvalue weighted by Gasteiger charge is 2.31. The number of likely N-dealkylation sites (tertiary alicyclic amines) is 1.